The van der Waals surface area contributed by atoms with E-state index in [-0.39, 0.29) is 35.6 Å². The molecule has 30 heavy (non-hydrogen) atoms. The van der Waals surface area contributed by atoms with Gasteiger partial charge in [0.1, 0.15) is 17.1 Å². The predicted molar refractivity (Wildman–Crippen MR) is 126 cm³/mol. The van der Waals surface area contributed by atoms with E-state index in [2.05, 4.69) is 0 Å². The highest BCUT2D eigenvalue weighted by Gasteiger charge is 2.29. The smallest absolute Gasteiger partial charge is 0.345 e. The molecule has 1 N–H and O–H groups in total. The van der Waals surface area contributed by atoms with Crippen molar-refractivity contribution >= 4 is 8.32 Å². The molecule has 5 nitrogen and oxygen atoms in total. The molecule has 0 amide bonds. The number of hydrogen-bond donors (Lipinski definition) is 1. The first-order chi connectivity index (χ1) is 16.8. The van der Waals surface area contributed by atoms with Gasteiger partial charge in [-0.2, -0.15) is 0 Å². The SMILES string of the molecule is [2H]/C(C)=C([2H])\C=C\CCCCC(O)Cc1cc(OC([2H])([2H])[2H])c(C([2H])O[Si](CC)(CC)CC)c(=O)o1. The highest BCUT2D eigenvalue weighted by molar-refractivity contribution is 6.73. The number of aliphatic hydroxyl groups is 1. The van der Waals surface area contributed by atoms with Crippen LogP contribution in [0.3, 0.4) is 0 Å². The maximum Gasteiger partial charge on any atom is 0.345 e. The summed E-state index contributed by atoms with van der Waals surface area (Å²) < 4.78 is 62.3. The van der Waals surface area contributed by atoms with Crippen LogP contribution >= 0.6 is 0 Å². The zero-order valence-electron chi connectivity index (χ0n) is 24.6. The van der Waals surface area contributed by atoms with Gasteiger partial charge in [0, 0.05) is 12.5 Å². The molecular weight excluding hydrogens is 396 g/mol. The monoisotopic (exact) mass is 442 g/mol. The molecule has 2 atom stereocenters. The molecule has 170 valence electrons. The van der Waals surface area contributed by atoms with Gasteiger partial charge in [0.05, 0.1) is 27.9 Å². The Labute approximate surface area is 191 Å². The molecule has 0 saturated heterocycles. The molecule has 0 fully saturated rings. The molecule has 0 aliphatic rings. The number of allylic oxidation sites excluding steroid dienone is 4. The van der Waals surface area contributed by atoms with Gasteiger partial charge in [0.25, 0.3) is 0 Å². The van der Waals surface area contributed by atoms with Crippen LogP contribution in [0.1, 0.15) is 72.9 Å². The Morgan fingerprint density at radius 2 is 2.07 bits per heavy atom. The Hall–Kier alpha value is -1.63. The van der Waals surface area contributed by atoms with E-state index in [1.165, 1.54) is 6.07 Å². The van der Waals surface area contributed by atoms with Crippen molar-refractivity contribution in [3.63, 3.8) is 0 Å². The summed E-state index contributed by atoms with van der Waals surface area (Å²) in [6.07, 6.45) is 5.14. The van der Waals surface area contributed by atoms with Crippen LogP contribution in [0.25, 0.3) is 0 Å². The lowest BCUT2D eigenvalue weighted by Crippen LogP contribution is -2.36. The van der Waals surface area contributed by atoms with E-state index in [1.807, 2.05) is 26.8 Å². The molecule has 6 heteroatoms. The summed E-state index contributed by atoms with van der Waals surface area (Å²) >= 11 is 0. The third-order valence-electron chi connectivity index (χ3n) is 5.41. The number of methoxy groups -OCH3 is 1. The molecule has 1 heterocycles. The lowest BCUT2D eigenvalue weighted by Gasteiger charge is -2.28. The number of aliphatic hydroxyl groups excluding tert-OH is 1. The third kappa shape index (κ3) is 8.62. The van der Waals surface area contributed by atoms with Gasteiger partial charge in [-0.15, -0.1) is 0 Å². The molecule has 0 radical (unpaired) electrons. The van der Waals surface area contributed by atoms with E-state index < -0.39 is 33.7 Å². The summed E-state index contributed by atoms with van der Waals surface area (Å²) in [6, 6.07) is 3.87. The Bertz CT molecular complexity index is 928. The van der Waals surface area contributed by atoms with Crippen LogP contribution in [-0.4, -0.2) is 26.6 Å². The molecule has 1 rings (SSSR count). The molecule has 0 spiro atoms. The highest BCUT2D eigenvalue weighted by Crippen LogP contribution is 2.26. The van der Waals surface area contributed by atoms with Gasteiger partial charge >= 0.3 is 5.63 Å². The van der Waals surface area contributed by atoms with Gasteiger partial charge in [0.15, 0.2) is 8.32 Å². The normalized spacial score (nSPS) is 18.4. The van der Waals surface area contributed by atoms with Crippen LogP contribution < -0.4 is 10.4 Å². The maximum absolute atomic E-state index is 12.8. The molecule has 1 aromatic rings. The highest BCUT2D eigenvalue weighted by atomic mass is 28.4. The maximum atomic E-state index is 12.8. The molecule has 0 saturated carbocycles. The number of ether oxygens (including phenoxy) is 1. The van der Waals surface area contributed by atoms with E-state index in [1.54, 1.807) is 13.0 Å². The Morgan fingerprint density at radius 3 is 2.70 bits per heavy atom. The van der Waals surface area contributed by atoms with Crippen LogP contribution in [0, 0.1) is 0 Å². The van der Waals surface area contributed by atoms with Crippen molar-refractivity contribution in [2.45, 2.75) is 90.6 Å². The number of hydrogen-bond acceptors (Lipinski definition) is 5. The summed E-state index contributed by atoms with van der Waals surface area (Å²) in [5.74, 6) is -0.212. The van der Waals surface area contributed by atoms with E-state index in [0.717, 1.165) is 24.6 Å². The second-order valence-electron chi connectivity index (χ2n) is 7.30. The van der Waals surface area contributed by atoms with Crippen LogP contribution in [0.15, 0.2) is 39.5 Å². The predicted octanol–water partition coefficient (Wildman–Crippen LogP) is 5.77. The van der Waals surface area contributed by atoms with Crippen LogP contribution in [0.4, 0.5) is 0 Å². The van der Waals surface area contributed by atoms with Crippen molar-refractivity contribution < 1.29 is 26.9 Å². The summed E-state index contributed by atoms with van der Waals surface area (Å²) in [5, 5.41) is 10.4. The summed E-state index contributed by atoms with van der Waals surface area (Å²) in [4.78, 5) is 12.8. The first kappa shape index (κ1) is 18.0. The first-order valence-corrected chi connectivity index (χ1v) is 13.2. The van der Waals surface area contributed by atoms with Gasteiger partial charge in [-0.1, -0.05) is 51.4 Å². The molecular formula is C24H40O5Si. The minimum Gasteiger partial charge on any atom is -0.496 e. The summed E-state index contributed by atoms with van der Waals surface area (Å²) in [7, 11) is -5.12. The molecule has 0 aromatic carbocycles. The zero-order valence-corrected chi connectivity index (χ0v) is 19.6. The molecule has 2 unspecified atom stereocenters. The van der Waals surface area contributed by atoms with E-state index in [9.17, 15) is 9.90 Å². The van der Waals surface area contributed by atoms with Gasteiger partial charge in [-0.3, -0.25) is 0 Å². The van der Waals surface area contributed by atoms with Gasteiger partial charge in [0.2, 0.25) is 0 Å². The second kappa shape index (κ2) is 14.4. The van der Waals surface area contributed by atoms with E-state index in [0.29, 0.717) is 19.3 Å². The fourth-order valence-corrected chi connectivity index (χ4v) is 5.57. The van der Waals surface area contributed by atoms with Crippen LogP contribution in [-0.2, 0) is 17.4 Å². The fourth-order valence-electron chi connectivity index (χ4n) is 3.21. The minimum absolute atomic E-state index is 0.0124. The first-order valence-electron chi connectivity index (χ1n) is 13.8. The third-order valence-corrected chi connectivity index (χ3v) is 9.90. The van der Waals surface area contributed by atoms with Gasteiger partial charge < -0.3 is 18.7 Å². The summed E-state index contributed by atoms with van der Waals surface area (Å²) in [5.41, 5.74) is -1.19. The molecule has 0 aliphatic heterocycles. The van der Waals surface area contributed by atoms with Crippen LogP contribution in [0.5, 0.6) is 5.75 Å². The van der Waals surface area contributed by atoms with Crippen molar-refractivity contribution in [2.75, 3.05) is 7.04 Å². The summed E-state index contributed by atoms with van der Waals surface area (Å²) in [6.45, 7) is 6.07. The minimum atomic E-state index is -2.84. The Balaban J connectivity index is 2.97. The number of rotatable bonds is 15. The Morgan fingerprint density at radius 1 is 1.33 bits per heavy atom. The Kier molecular flexibility index (Phi) is 8.63. The molecule has 1 aromatic heterocycles. The quantitative estimate of drug-likeness (QED) is 0.212. The lowest BCUT2D eigenvalue weighted by molar-refractivity contribution is 0.152. The average Bonchev–Trinajstić information content (AvgIpc) is 2.78. The van der Waals surface area contributed by atoms with Crippen molar-refractivity contribution in [3.8, 4) is 5.75 Å². The standard InChI is InChI=1S/C24H40O5Si/c1-6-10-11-12-13-14-15-16-20(25)17-21-18-23(27-5)22(24(26)29-21)19-28-30(7-2,8-3)9-4/h6,10-12,18,20,25H,7-9,13-17,19H2,1-5H3/b10-6+,12-11+/i5D3,6D,10D,19D. The second-order valence-corrected chi connectivity index (χ2v) is 12.0. The largest absolute Gasteiger partial charge is 0.496 e. The van der Waals surface area contributed by atoms with Crippen molar-refractivity contribution in [1.29, 1.82) is 0 Å². The van der Waals surface area contributed by atoms with Crippen LogP contribution in [0.2, 0.25) is 18.1 Å². The molecule has 0 bridgehead atoms. The topological polar surface area (TPSA) is 68.9 Å². The van der Waals surface area contributed by atoms with Crippen molar-refractivity contribution in [1.82, 2.24) is 0 Å². The van der Waals surface area contributed by atoms with Gasteiger partial charge in [-0.25, -0.2) is 4.79 Å². The fraction of sp³-hybridized carbons (Fsp3) is 0.625. The lowest BCUT2D eigenvalue weighted by atomic mass is 10.1. The van der Waals surface area contributed by atoms with E-state index in [4.69, 9.17) is 21.8 Å². The average molecular weight is 443 g/mol. The van der Waals surface area contributed by atoms with Crippen molar-refractivity contribution in [3.05, 3.63) is 52.1 Å². The van der Waals surface area contributed by atoms with Gasteiger partial charge in [-0.05, 0) is 44.3 Å². The number of unbranched alkanes of at least 4 members (excludes halogenated alkanes) is 2. The van der Waals surface area contributed by atoms with E-state index >= 15 is 0 Å². The van der Waals surface area contributed by atoms with Crippen molar-refractivity contribution in [2.24, 2.45) is 0 Å². The molecule has 0 aliphatic carbocycles. The zero-order chi connectivity index (χ0) is 27.5.